The minimum Gasteiger partial charge on any atom is -0.484 e. The average molecular weight is 500 g/mol. The van der Waals surface area contributed by atoms with E-state index in [2.05, 4.69) is 20.6 Å². The molecule has 1 unspecified atom stereocenters. The second-order valence-electron chi connectivity index (χ2n) is 9.61. The second-order valence-corrected chi connectivity index (χ2v) is 9.61. The number of carbonyl (C=O) groups excluding carboxylic acids is 3. The third-order valence-electron chi connectivity index (χ3n) is 6.75. The zero-order chi connectivity index (χ0) is 25.4. The Hall–Kier alpha value is -3.63. The number of nitrogens with one attached hydrogen (secondary N) is 2. The van der Waals surface area contributed by atoms with Gasteiger partial charge in [0.05, 0.1) is 12.2 Å². The number of amides is 3. The lowest BCUT2D eigenvalue weighted by Gasteiger charge is -2.39. The number of hydrogen-bond donors (Lipinski definition) is 2. The average Bonchev–Trinajstić information content (AvgIpc) is 3.61. The molecule has 2 aromatic rings. The van der Waals surface area contributed by atoms with E-state index in [0.717, 1.165) is 23.3 Å². The molecule has 3 fully saturated rings. The van der Waals surface area contributed by atoms with E-state index in [9.17, 15) is 23.2 Å². The maximum Gasteiger partial charge on any atom is 0.301 e. The summed E-state index contributed by atoms with van der Waals surface area (Å²) in [4.78, 5) is 45.4. The van der Waals surface area contributed by atoms with Crippen LogP contribution < -0.4 is 15.4 Å². The summed E-state index contributed by atoms with van der Waals surface area (Å²) >= 11 is 0. The summed E-state index contributed by atoms with van der Waals surface area (Å²) in [5.41, 5.74) is 1.97. The van der Waals surface area contributed by atoms with Crippen LogP contribution in [0.4, 0.5) is 14.6 Å². The number of aromatic nitrogens is 2. The Kier molecular flexibility index (Phi) is 6.31. The molecule has 1 saturated carbocycles. The number of aryl methyl sites for hydroxylation is 1. The van der Waals surface area contributed by atoms with Crippen LogP contribution in [0.15, 0.2) is 30.6 Å². The molecule has 5 rings (SSSR count). The van der Waals surface area contributed by atoms with E-state index in [0.29, 0.717) is 29.2 Å². The van der Waals surface area contributed by atoms with Gasteiger partial charge in [0.15, 0.2) is 6.10 Å². The third kappa shape index (κ3) is 5.14. The molecule has 1 aromatic carbocycles. The van der Waals surface area contributed by atoms with E-state index >= 15 is 0 Å². The number of rotatable bonds is 6. The summed E-state index contributed by atoms with van der Waals surface area (Å²) < 4.78 is 35.6. The van der Waals surface area contributed by atoms with Crippen molar-refractivity contribution in [3.63, 3.8) is 0 Å². The molecule has 2 aliphatic heterocycles. The molecule has 2 N–H and O–H groups in total. The van der Waals surface area contributed by atoms with Gasteiger partial charge >= 0.3 is 5.92 Å². The maximum atomic E-state index is 15.0. The number of anilines is 1. The van der Waals surface area contributed by atoms with Crippen molar-refractivity contribution in [3.05, 3.63) is 36.2 Å². The van der Waals surface area contributed by atoms with Gasteiger partial charge in [0.25, 0.3) is 0 Å². The monoisotopic (exact) mass is 499 g/mol. The van der Waals surface area contributed by atoms with Crippen LogP contribution in [0.25, 0.3) is 11.3 Å². The molecule has 36 heavy (non-hydrogen) atoms. The van der Waals surface area contributed by atoms with Gasteiger partial charge in [-0.15, -0.1) is 0 Å². The van der Waals surface area contributed by atoms with Gasteiger partial charge in [-0.25, -0.2) is 18.7 Å². The topological polar surface area (TPSA) is 114 Å². The molecule has 3 heterocycles. The molecule has 2 saturated heterocycles. The van der Waals surface area contributed by atoms with Crippen LogP contribution in [0.5, 0.6) is 5.75 Å². The number of halogens is 2. The van der Waals surface area contributed by atoms with E-state index in [1.807, 2.05) is 0 Å². The lowest BCUT2D eigenvalue weighted by Crippen LogP contribution is -2.58. The zero-order valence-electron chi connectivity index (χ0n) is 19.8. The molecule has 3 amide bonds. The zero-order valence-corrected chi connectivity index (χ0v) is 19.8. The highest BCUT2D eigenvalue weighted by molar-refractivity contribution is 5.93. The molecule has 3 aliphatic rings. The quantitative estimate of drug-likeness (QED) is 0.632. The first-order valence-corrected chi connectivity index (χ1v) is 12.1. The molecule has 0 spiro atoms. The van der Waals surface area contributed by atoms with Gasteiger partial charge in [-0.3, -0.25) is 14.4 Å². The van der Waals surface area contributed by atoms with E-state index in [1.54, 1.807) is 31.2 Å². The first kappa shape index (κ1) is 24.1. The number of carbonyl (C=O) groups is 3. The Morgan fingerprint density at radius 3 is 2.64 bits per heavy atom. The van der Waals surface area contributed by atoms with Crippen LogP contribution in [0.2, 0.25) is 0 Å². The van der Waals surface area contributed by atoms with Gasteiger partial charge < -0.3 is 20.3 Å². The molecule has 11 heteroatoms. The normalized spacial score (nSPS) is 23.2. The van der Waals surface area contributed by atoms with Crippen molar-refractivity contribution in [3.8, 4) is 17.0 Å². The molecule has 2 atom stereocenters. The highest BCUT2D eigenvalue weighted by atomic mass is 19.3. The summed E-state index contributed by atoms with van der Waals surface area (Å²) in [5, 5.41) is 5.33. The number of ether oxygens (including phenoxy) is 1. The molecule has 1 aromatic heterocycles. The predicted molar refractivity (Wildman–Crippen MR) is 125 cm³/mol. The molecule has 190 valence electrons. The van der Waals surface area contributed by atoms with Crippen LogP contribution in [0, 0.1) is 12.8 Å². The van der Waals surface area contributed by atoms with Gasteiger partial charge in [-0.1, -0.05) is 0 Å². The van der Waals surface area contributed by atoms with Crippen LogP contribution >= 0.6 is 0 Å². The number of piperidine rings is 1. The lowest BCUT2D eigenvalue weighted by molar-refractivity contribution is -0.161. The number of likely N-dealkylation sites (tertiary alicyclic amines) is 1. The summed E-state index contributed by atoms with van der Waals surface area (Å²) in [6.45, 7) is 1.13. The molecule has 1 aliphatic carbocycles. The number of benzene rings is 1. The van der Waals surface area contributed by atoms with E-state index in [4.69, 9.17) is 4.74 Å². The van der Waals surface area contributed by atoms with Crippen molar-refractivity contribution in [2.75, 3.05) is 18.4 Å². The van der Waals surface area contributed by atoms with Crippen molar-refractivity contribution in [1.29, 1.82) is 0 Å². The SMILES string of the molecule is Cc1cc(-c2cc(NC(=O)C3CC3)ncn2)ccc1O[C@H]1CCN(C(=O)C2CCC(=O)N2)CC1(F)F. The Morgan fingerprint density at radius 2 is 1.97 bits per heavy atom. The first-order valence-electron chi connectivity index (χ1n) is 12.1. The number of alkyl halides is 2. The summed E-state index contributed by atoms with van der Waals surface area (Å²) in [7, 11) is 0. The van der Waals surface area contributed by atoms with E-state index < -0.39 is 30.5 Å². The van der Waals surface area contributed by atoms with Crippen LogP contribution in [-0.2, 0) is 14.4 Å². The number of hydrogen-bond acceptors (Lipinski definition) is 6. The second kappa shape index (κ2) is 9.44. The predicted octanol–water partition coefficient (Wildman–Crippen LogP) is 2.69. The van der Waals surface area contributed by atoms with Crippen molar-refractivity contribution in [2.45, 2.75) is 57.1 Å². The highest BCUT2D eigenvalue weighted by Crippen LogP contribution is 2.34. The van der Waals surface area contributed by atoms with Crippen LogP contribution in [0.3, 0.4) is 0 Å². The van der Waals surface area contributed by atoms with Gasteiger partial charge in [0, 0.05) is 36.9 Å². The fourth-order valence-corrected chi connectivity index (χ4v) is 4.52. The third-order valence-corrected chi connectivity index (χ3v) is 6.75. The molecular weight excluding hydrogens is 472 g/mol. The molecular formula is C25H27F2N5O4. The smallest absolute Gasteiger partial charge is 0.301 e. The Morgan fingerprint density at radius 1 is 1.17 bits per heavy atom. The molecule has 9 nitrogen and oxygen atoms in total. The van der Waals surface area contributed by atoms with Gasteiger partial charge in [-0.2, -0.15) is 0 Å². The van der Waals surface area contributed by atoms with Crippen molar-refractivity contribution in [2.24, 2.45) is 5.92 Å². The first-order chi connectivity index (χ1) is 17.2. The van der Waals surface area contributed by atoms with E-state index in [1.165, 1.54) is 6.33 Å². The van der Waals surface area contributed by atoms with Gasteiger partial charge in [0.1, 0.15) is 23.9 Å². The minimum atomic E-state index is -3.25. The fraction of sp³-hybridized carbons (Fsp3) is 0.480. The molecule has 0 bridgehead atoms. The summed E-state index contributed by atoms with van der Waals surface area (Å²) in [6, 6.07) is 6.06. The highest BCUT2D eigenvalue weighted by Gasteiger charge is 2.49. The Balaban J connectivity index is 1.24. The largest absolute Gasteiger partial charge is 0.484 e. The number of nitrogens with zero attached hydrogens (tertiary/aromatic N) is 3. The fourth-order valence-electron chi connectivity index (χ4n) is 4.52. The standard InChI is InChI=1S/C25H27F2N5O4/c1-14-10-16(18-11-21(29-13-28-18)31-23(34)15-2-3-15)4-6-19(14)36-20-8-9-32(12-25(20,26)27)24(35)17-5-7-22(33)30-17/h4,6,10-11,13,15,17,20H,2-3,5,7-9,12H2,1H3,(H,30,33)(H,28,29,31,34)/t17?,20-/m0/s1. The maximum absolute atomic E-state index is 15.0. The van der Waals surface area contributed by atoms with Crippen molar-refractivity contribution >= 4 is 23.5 Å². The van der Waals surface area contributed by atoms with Gasteiger partial charge in [0.2, 0.25) is 17.7 Å². The summed E-state index contributed by atoms with van der Waals surface area (Å²) in [6.07, 6.45) is 2.28. The van der Waals surface area contributed by atoms with Crippen LogP contribution in [0.1, 0.15) is 37.7 Å². The van der Waals surface area contributed by atoms with E-state index in [-0.39, 0.29) is 37.1 Å². The van der Waals surface area contributed by atoms with Crippen LogP contribution in [-0.4, -0.2) is 63.7 Å². The minimum absolute atomic E-state index is 0.0312. The van der Waals surface area contributed by atoms with Crippen molar-refractivity contribution in [1.82, 2.24) is 20.2 Å². The lowest BCUT2D eigenvalue weighted by atomic mass is 10.0. The van der Waals surface area contributed by atoms with Crippen molar-refractivity contribution < 1.29 is 27.9 Å². The Labute approximate surface area is 206 Å². The Bertz CT molecular complexity index is 1200. The molecule has 0 radical (unpaired) electrons. The summed E-state index contributed by atoms with van der Waals surface area (Å²) in [5.74, 6) is -3.23. The van der Waals surface area contributed by atoms with Gasteiger partial charge in [-0.05, 0) is 49.9 Å².